The molecule has 5 atom stereocenters. The quantitative estimate of drug-likeness (QED) is 0.188. The fourth-order valence-electron chi connectivity index (χ4n) is 6.02. The first-order chi connectivity index (χ1) is 21.3. The minimum absolute atomic E-state index is 0.00204. The van der Waals surface area contributed by atoms with Crippen molar-refractivity contribution in [3.05, 3.63) is 63.6 Å². The maximum absolute atomic E-state index is 14.0. The molecule has 1 aromatic heterocycles. The van der Waals surface area contributed by atoms with Gasteiger partial charge in [-0.3, -0.25) is 19.3 Å². The maximum atomic E-state index is 14.0. The van der Waals surface area contributed by atoms with E-state index in [1.54, 1.807) is 23.4 Å². The van der Waals surface area contributed by atoms with E-state index in [4.69, 9.17) is 4.98 Å². The number of allylic oxidation sites excluding steroid dienone is 1. The van der Waals surface area contributed by atoms with E-state index in [1.807, 2.05) is 65.1 Å². The van der Waals surface area contributed by atoms with Crippen LogP contribution in [0, 0.1) is 17.8 Å². The number of carboxylic acids is 1. The van der Waals surface area contributed by atoms with Crippen LogP contribution in [0.1, 0.15) is 93.8 Å². The van der Waals surface area contributed by atoms with Crippen LogP contribution in [0.15, 0.2) is 47.4 Å². The number of carbonyl (C=O) groups excluding carboxylic acids is 3. The largest absolute Gasteiger partial charge is 0.478 e. The SMILES string of the molecule is CC[C@H](C)[C@H](NC(=O)[C@H]1CCCCN1C)C(=O)N(C)[C@H](c1nc(C(=O)C[C@H](/C=C(\C)C(=O)O)Cc2ccccc2)cs1)C(C)C. The van der Waals surface area contributed by atoms with Gasteiger partial charge in [0.1, 0.15) is 16.7 Å². The van der Waals surface area contributed by atoms with E-state index in [-0.39, 0.29) is 59.4 Å². The highest BCUT2D eigenvalue weighted by atomic mass is 32.1. The second-order valence-electron chi connectivity index (χ2n) is 12.8. The molecule has 1 saturated heterocycles. The highest BCUT2D eigenvalue weighted by Crippen LogP contribution is 2.32. The number of nitrogens with one attached hydrogen (secondary N) is 1. The minimum Gasteiger partial charge on any atom is -0.478 e. The molecule has 0 saturated carbocycles. The van der Waals surface area contributed by atoms with E-state index < -0.39 is 12.0 Å². The molecule has 2 aromatic rings. The van der Waals surface area contributed by atoms with Crippen molar-refractivity contribution in [1.29, 1.82) is 0 Å². The van der Waals surface area contributed by atoms with Crippen molar-refractivity contribution in [1.82, 2.24) is 20.1 Å². The number of benzene rings is 1. The van der Waals surface area contributed by atoms with Crippen LogP contribution in [-0.4, -0.2) is 76.2 Å². The van der Waals surface area contributed by atoms with Gasteiger partial charge in [0.25, 0.3) is 0 Å². The number of ketones is 1. The van der Waals surface area contributed by atoms with Crippen molar-refractivity contribution in [2.75, 3.05) is 20.6 Å². The molecule has 0 unspecified atom stereocenters. The number of rotatable bonds is 15. The number of likely N-dealkylation sites (N-methyl/N-ethyl adjacent to an activating group) is 2. The van der Waals surface area contributed by atoms with Gasteiger partial charge in [-0.1, -0.05) is 76.9 Å². The van der Waals surface area contributed by atoms with Gasteiger partial charge in [0, 0.05) is 24.4 Å². The fraction of sp³-hybridized carbons (Fsp3) is 0.571. The topological polar surface area (TPSA) is 120 Å². The number of piperidine rings is 1. The number of Topliss-reactive ketones (excluding diaryl/α,β-unsaturated/α-hetero) is 1. The van der Waals surface area contributed by atoms with Gasteiger partial charge in [-0.15, -0.1) is 11.3 Å². The van der Waals surface area contributed by atoms with Crippen molar-refractivity contribution >= 4 is 34.9 Å². The molecular formula is C35H50N4O5S. The van der Waals surface area contributed by atoms with Gasteiger partial charge in [0.2, 0.25) is 11.8 Å². The van der Waals surface area contributed by atoms with E-state index in [9.17, 15) is 24.3 Å². The van der Waals surface area contributed by atoms with E-state index in [0.29, 0.717) is 17.1 Å². The summed E-state index contributed by atoms with van der Waals surface area (Å²) in [6.07, 6.45) is 5.86. The van der Waals surface area contributed by atoms with Crippen LogP contribution in [0.2, 0.25) is 0 Å². The van der Waals surface area contributed by atoms with Crippen LogP contribution < -0.4 is 5.32 Å². The first-order valence-electron chi connectivity index (χ1n) is 16.0. The number of nitrogens with zero attached hydrogens (tertiary/aromatic N) is 3. The second kappa shape index (κ2) is 16.8. The lowest BCUT2D eigenvalue weighted by Gasteiger charge is -2.36. The zero-order valence-electron chi connectivity index (χ0n) is 27.8. The Balaban J connectivity index is 1.80. The van der Waals surface area contributed by atoms with Crippen LogP contribution in [0.3, 0.4) is 0 Å². The summed E-state index contributed by atoms with van der Waals surface area (Å²) in [7, 11) is 3.71. The van der Waals surface area contributed by atoms with Crippen LogP contribution >= 0.6 is 11.3 Å². The molecule has 2 amide bonds. The zero-order valence-corrected chi connectivity index (χ0v) is 28.6. The zero-order chi connectivity index (χ0) is 33.3. The van der Waals surface area contributed by atoms with Crippen molar-refractivity contribution in [2.45, 2.75) is 91.3 Å². The molecule has 1 aliphatic rings. The number of carboxylic acid groups (broad SMARTS) is 1. The Morgan fingerprint density at radius 2 is 1.84 bits per heavy atom. The molecule has 1 aliphatic heterocycles. The van der Waals surface area contributed by atoms with Crippen LogP contribution in [0.25, 0.3) is 0 Å². The van der Waals surface area contributed by atoms with Crippen molar-refractivity contribution in [2.24, 2.45) is 17.8 Å². The molecule has 10 heteroatoms. The Morgan fingerprint density at radius 3 is 2.44 bits per heavy atom. The van der Waals surface area contributed by atoms with E-state index >= 15 is 0 Å². The lowest BCUT2D eigenvalue weighted by Crippen LogP contribution is -2.56. The summed E-state index contributed by atoms with van der Waals surface area (Å²) in [5, 5.41) is 14.9. The highest BCUT2D eigenvalue weighted by molar-refractivity contribution is 7.09. The van der Waals surface area contributed by atoms with Crippen LogP contribution in [0.4, 0.5) is 0 Å². The molecule has 1 aromatic carbocycles. The molecule has 0 radical (unpaired) electrons. The molecule has 2 heterocycles. The molecule has 0 bridgehead atoms. The molecule has 2 N–H and O–H groups in total. The third-order valence-electron chi connectivity index (χ3n) is 8.92. The van der Waals surface area contributed by atoms with Crippen LogP contribution in [0.5, 0.6) is 0 Å². The predicted molar refractivity (Wildman–Crippen MR) is 178 cm³/mol. The molecule has 0 aliphatic carbocycles. The first-order valence-corrected chi connectivity index (χ1v) is 16.9. The lowest BCUT2D eigenvalue weighted by atomic mass is 9.91. The number of aromatic nitrogens is 1. The third kappa shape index (κ3) is 9.81. The minimum atomic E-state index is -1.01. The number of carbonyl (C=O) groups is 4. The average Bonchev–Trinajstić information content (AvgIpc) is 3.49. The molecule has 3 rings (SSSR count). The monoisotopic (exact) mass is 638 g/mol. The van der Waals surface area contributed by atoms with E-state index in [1.165, 1.54) is 18.3 Å². The Kier molecular flexibility index (Phi) is 13.5. The summed E-state index contributed by atoms with van der Waals surface area (Å²) in [6.45, 7) is 10.4. The summed E-state index contributed by atoms with van der Waals surface area (Å²) in [5.41, 5.74) is 1.52. The van der Waals surface area contributed by atoms with Gasteiger partial charge in [0.15, 0.2) is 5.78 Å². The number of amides is 2. The van der Waals surface area contributed by atoms with Gasteiger partial charge in [0.05, 0.1) is 12.1 Å². The first kappa shape index (κ1) is 36.1. The number of aliphatic carboxylic acids is 1. The smallest absolute Gasteiger partial charge is 0.330 e. The molecule has 45 heavy (non-hydrogen) atoms. The van der Waals surface area contributed by atoms with E-state index in [2.05, 4.69) is 10.2 Å². The Morgan fingerprint density at radius 1 is 1.16 bits per heavy atom. The molecular weight excluding hydrogens is 588 g/mol. The average molecular weight is 639 g/mol. The second-order valence-corrected chi connectivity index (χ2v) is 13.7. The summed E-state index contributed by atoms with van der Waals surface area (Å²) in [5.74, 6) is -1.85. The Labute approximate surface area is 272 Å². The summed E-state index contributed by atoms with van der Waals surface area (Å²) >= 11 is 1.34. The lowest BCUT2D eigenvalue weighted by molar-refractivity contribution is -0.141. The number of hydrogen-bond donors (Lipinski definition) is 2. The van der Waals surface area contributed by atoms with Crippen molar-refractivity contribution in [3.63, 3.8) is 0 Å². The number of hydrogen-bond acceptors (Lipinski definition) is 7. The molecule has 0 spiro atoms. The highest BCUT2D eigenvalue weighted by Gasteiger charge is 2.37. The van der Waals surface area contributed by atoms with Gasteiger partial charge in [-0.25, -0.2) is 9.78 Å². The van der Waals surface area contributed by atoms with Gasteiger partial charge >= 0.3 is 5.97 Å². The van der Waals surface area contributed by atoms with Crippen LogP contribution in [-0.2, 0) is 20.8 Å². The normalized spacial score (nSPS) is 18.6. The van der Waals surface area contributed by atoms with Gasteiger partial charge in [-0.2, -0.15) is 0 Å². The maximum Gasteiger partial charge on any atom is 0.330 e. The van der Waals surface area contributed by atoms with Crippen molar-refractivity contribution < 1.29 is 24.3 Å². The third-order valence-corrected chi connectivity index (χ3v) is 9.83. The summed E-state index contributed by atoms with van der Waals surface area (Å²) in [4.78, 5) is 60.8. The predicted octanol–water partition coefficient (Wildman–Crippen LogP) is 5.78. The summed E-state index contributed by atoms with van der Waals surface area (Å²) in [6, 6.07) is 8.38. The number of thiazole rings is 1. The Bertz CT molecular complexity index is 1340. The summed E-state index contributed by atoms with van der Waals surface area (Å²) < 4.78 is 0. The van der Waals surface area contributed by atoms with E-state index in [0.717, 1.165) is 37.8 Å². The van der Waals surface area contributed by atoms with Crippen molar-refractivity contribution in [3.8, 4) is 0 Å². The standard InChI is InChI=1S/C35H50N4O5S/c1-8-23(4)30(37-32(41)28-16-12-13-17-38(28)6)34(42)39(7)31(22(2)3)33-36-27(21-45-33)29(40)20-26(18-24(5)35(43)44)19-25-14-10-9-11-15-25/h9-11,14-15,18,21-23,26,28,30-31H,8,12-13,16-17,19-20H2,1-7H3,(H,37,41)(H,43,44)/b24-18+/t23-,26+,28+,30-,31-/m0/s1. The van der Waals surface area contributed by atoms with Gasteiger partial charge in [-0.05, 0) is 63.1 Å². The molecule has 1 fully saturated rings. The Hall–Kier alpha value is -3.37. The molecule has 9 nitrogen and oxygen atoms in total. The number of likely N-dealkylation sites (tertiary alicyclic amines) is 1. The fourth-order valence-corrected chi connectivity index (χ4v) is 7.16. The molecule has 246 valence electrons. The van der Waals surface area contributed by atoms with Gasteiger partial charge < -0.3 is 15.3 Å².